The topological polar surface area (TPSA) is 114 Å². The summed E-state index contributed by atoms with van der Waals surface area (Å²) >= 11 is 0. The van der Waals surface area contributed by atoms with Gasteiger partial charge >= 0.3 is 11.8 Å². The van der Waals surface area contributed by atoms with Gasteiger partial charge in [0.2, 0.25) is 0 Å². The summed E-state index contributed by atoms with van der Waals surface area (Å²) in [5, 5.41) is 2.78. The van der Waals surface area contributed by atoms with Crippen molar-refractivity contribution in [3.05, 3.63) is 70.2 Å². The molecule has 1 aromatic heterocycles. The Bertz CT molecular complexity index is 1090. The van der Waals surface area contributed by atoms with Crippen molar-refractivity contribution in [2.24, 2.45) is 0 Å². The second-order valence-electron chi connectivity index (χ2n) is 6.91. The van der Waals surface area contributed by atoms with Crippen molar-refractivity contribution in [3.8, 4) is 0 Å². The number of ether oxygens (including phenoxy) is 2. The number of aromatic amines is 1. The molecule has 0 unspecified atom stereocenters. The van der Waals surface area contributed by atoms with Crippen LogP contribution in [0.15, 0.2) is 57.7 Å². The lowest BCUT2D eigenvalue weighted by Gasteiger charge is -2.32. The molecule has 0 aliphatic carbocycles. The fraction of sp³-hybridized carbons (Fsp3) is 0.286. The summed E-state index contributed by atoms with van der Waals surface area (Å²) in [5.74, 6) is -0.898. The number of rotatable bonds is 5. The molecule has 2 amide bonds. The number of aromatic nitrogens is 1. The molecule has 0 saturated carbocycles. The van der Waals surface area contributed by atoms with Crippen LogP contribution in [-0.4, -0.2) is 54.2 Å². The van der Waals surface area contributed by atoms with Gasteiger partial charge in [-0.1, -0.05) is 30.3 Å². The number of oxazole rings is 1. The summed E-state index contributed by atoms with van der Waals surface area (Å²) in [7, 11) is 0. The number of nitrogens with one attached hydrogen (secondary N) is 2. The first kappa shape index (κ1) is 19.7. The van der Waals surface area contributed by atoms with Gasteiger partial charge in [0.25, 0.3) is 5.91 Å². The van der Waals surface area contributed by atoms with Crippen molar-refractivity contribution < 1.29 is 23.5 Å². The van der Waals surface area contributed by atoms with Gasteiger partial charge < -0.3 is 24.1 Å². The summed E-state index contributed by atoms with van der Waals surface area (Å²) < 4.78 is 16.0. The molecule has 0 bridgehead atoms. The molecule has 9 heteroatoms. The molecular formula is C21H21N3O6. The van der Waals surface area contributed by atoms with Crippen LogP contribution < -0.4 is 11.1 Å². The van der Waals surface area contributed by atoms with Gasteiger partial charge in [0, 0.05) is 18.7 Å². The molecule has 1 aliphatic heterocycles. The third kappa shape index (κ3) is 4.69. The third-order valence-corrected chi connectivity index (χ3v) is 4.78. The maximum atomic E-state index is 12.4. The minimum Gasteiger partial charge on any atom is -0.445 e. The number of fused-ring (bicyclic) bond motifs is 1. The molecule has 0 radical (unpaired) electrons. The van der Waals surface area contributed by atoms with Crippen LogP contribution in [0.1, 0.15) is 15.9 Å². The van der Waals surface area contributed by atoms with Crippen molar-refractivity contribution >= 4 is 23.1 Å². The Morgan fingerprint density at radius 1 is 1.20 bits per heavy atom. The van der Waals surface area contributed by atoms with E-state index in [1.807, 2.05) is 30.3 Å². The largest absolute Gasteiger partial charge is 0.445 e. The van der Waals surface area contributed by atoms with Crippen LogP contribution in [-0.2, 0) is 16.1 Å². The summed E-state index contributed by atoms with van der Waals surface area (Å²) in [6, 6.07) is 14.2. The van der Waals surface area contributed by atoms with E-state index in [2.05, 4.69) is 10.3 Å². The van der Waals surface area contributed by atoms with E-state index in [-0.39, 0.29) is 25.2 Å². The molecule has 1 saturated heterocycles. The minimum atomic E-state index is -0.572. The number of carbonyl (C=O) groups is 2. The summed E-state index contributed by atoms with van der Waals surface area (Å²) in [6.07, 6.45) is -0.757. The first-order valence-electron chi connectivity index (χ1n) is 9.57. The highest BCUT2D eigenvalue weighted by Crippen LogP contribution is 2.13. The molecule has 1 atom stereocenters. The Balaban J connectivity index is 1.28. The van der Waals surface area contributed by atoms with Crippen LogP contribution in [0.2, 0.25) is 0 Å². The maximum Gasteiger partial charge on any atom is 0.417 e. The van der Waals surface area contributed by atoms with Crippen LogP contribution in [0.4, 0.5) is 4.79 Å². The van der Waals surface area contributed by atoms with Crippen LogP contribution in [0.5, 0.6) is 0 Å². The van der Waals surface area contributed by atoms with Crippen LogP contribution in [0, 0.1) is 0 Å². The minimum absolute atomic E-state index is 0.205. The summed E-state index contributed by atoms with van der Waals surface area (Å²) in [5.41, 5.74) is 2.11. The fourth-order valence-corrected chi connectivity index (χ4v) is 3.21. The van der Waals surface area contributed by atoms with Gasteiger partial charge in [-0.15, -0.1) is 0 Å². The van der Waals surface area contributed by atoms with E-state index in [4.69, 9.17) is 13.9 Å². The van der Waals surface area contributed by atoms with Gasteiger partial charge in [-0.2, -0.15) is 0 Å². The van der Waals surface area contributed by atoms with E-state index in [0.717, 1.165) is 5.56 Å². The standard InChI is InChI=1S/C21H21N3O6/c25-19(15-6-7-17-18(10-15)30-20(26)23-17)22-11-16-12-24(8-9-28-16)21(27)29-13-14-4-2-1-3-5-14/h1-7,10,16H,8-9,11-13H2,(H,22,25)(H,23,26)/t16-/m1/s1. The molecule has 2 aromatic carbocycles. The van der Waals surface area contributed by atoms with Crippen molar-refractivity contribution in [2.75, 3.05) is 26.2 Å². The van der Waals surface area contributed by atoms with Gasteiger partial charge in [-0.25, -0.2) is 9.59 Å². The smallest absolute Gasteiger partial charge is 0.417 e. The predicted octanol–water partition coefficient (Wildman–Crippen LogP) is 1.89. The highest BCUT2D eigenvalue weighted by Gasteiger charge is 2.25. The Kier molecular flexibility index (Phi) is 5.80. The van der Waals surface area contributed by atoms with E-state index in [1.165, 1.54) is 6.07 Å². The number of H-pyrrole nitrogens is 1. The highest BCUT2D eigenvalue weighted by atomic mass is 16.6. The molecule has 2 N–H and O–H groups in total. The van der Waals surface area contributed by atoms with Gasteiger partial charge in [0.15, 0.2) is 5.58 Å². The van der Waals surface area contributed by atoms with Crippen LogP contribution >= 0.6 is 0 Å². The zero-order chi connectivity index (χ0) is 20.9. The molecule has 4 rings (SSSR count). The summed E-state index contributed by atoms with van der Waals surface area (Å²) in [6.45, 7) is 1.55. The average molecular weight is 411 g/mol. The number of carbonyl (C=O) groups excluding carboxylic acids is 2. The quantitative estimate of drug-likeness (QED) is 0.663. The first-order chi connectivity index (χ1) is 14.6. The van der Waals surface area contributed by atoms with E-state index in [0.29, 0.717) is 36.4 Å². The average Bonchev–Trinajstić information content (AvgIpc) is 3.16. The van der Waals surface area contributed by atoms with Gasteiger partial charge in [-0.05, 0) is 23.8 Å². The second-order valence-corrected chi connectivity index (χ2v) is 6.91. The normalized spacial score (nSPS) is 16.4. The van der Waals surface area contributed by atoms with E-state index in [1.54, 1.807) is 17.0 Å². The van der Waals surface area contributed by atoms with Gasteiger partial charge in [0.05, 0.1) is 24.8 Å². The lowest BCUT2D eigenvalue weighted by Crippen LogP contribution is -2.49. The summed E-state index contributed by atoms with van der Waals surface area (Å²) in [4.78, 5) is 40.1. The molecule has 156 valence electrons. The van der Waals surface area contributed by atoms with Crippen molar-refractivity contribution in [3.63, 3.8) is 0 Å². The Morgan fingerprint density at radius 2 is 2.03 bits per heavy atom. The molecule has 9 nitrogen and oxygen atoms in total. The second kappa shape index (κ2) is 8.83. The Labute approximate surface area is 171 Å². The lowest BCUT2D eigenvalue weighted by molar-refractivity contribution is -0.0263. The number of hydrogen-bond donors (Lipinski definition) is 2. The van der Waals surface area contributed by atoms with Crippen LogP contribution in [0.3, 0.4) is 0 Å². The van der Waals surface area contributed by atoms with Crippen molar-refractivity contribution in [1.29, 1.82) is 0 Å². The number of amides is 2. The predicted molar refractivity (Wildman–Crippen MR) is 107 cm³/mol. The highest BCUT2D eigenvalue weighted by molar-refractivity contribution is 5.96. The molecule has 0 spiro atoms. The molecule has 1 fully saturated rings. The van der Waals surface area contributed by atoms with Gasteiger partial charge in [-0.3, -0.25) is 9.78 Å². The third-order valence-electron chi connectivity index (χ3n) is 4.78. The Morgan fingerprint density at radius 3 is 2.87 bits per heavy atom. The van der Waals surface area contributed by atoms with E-state index >= 15 is 0 Å². The monoisotopic (exact) mass is 411 g/mol. The number of hydrogen-bond acceptors (Lipinski definition) is 6. The molecular weight excluding hydrogens is 390 g/mol. The van der Waals surface area contributed by atoms with E-state index < -0.39 is 11.8 Å². The maximum absolute atomic E-state index is 12.4. The Hall–Kier alpha value is -3.59. The number of nitrogens with zero attached hydrogens (tertiary/aromatic N) is 1. The SMILES string of the molecule is O=C(NC[C@@H]1CN(C(=O)OCc2ccccc2)CCO1)c1ccc2[nH]c(=O)oc2c1. The lowest BCUT2D eigenvalue weighted by atomic mass is 10.2. The zero-order valence-electron chi connectivity index (χ0n) is 16.1. The first-order valence-corrected chi connectivity index (χ1v) is 9.57. The number of morpholine rings is 1. The van der Waals surface area contributed by atoms with Crippen LogP contribution in [0.25, 0.3) is 11.1 Å². The van der Waals surface area contributed by atoms with E-state index in [9.17, 15) is 14.4 Å². The molecule has 30 heavy (non-hydrogen) atoms. The molecule has 2 heterocycles. The van der Waals surface area contributed by atoms with Gasteiger partial charge in [0.1, 0.15) is 6.61 Å². The van der Waals surface area contributed by atoms with Crippen molar-refractivity contribution in [1.82, 2.24) is 15.2 Å². The zero-order valence-corrected chi connectivity index (χ0v) is 16.1. The number of benzene rings is 2. The van der Waals surface area contributed by atoms with Crippen molar-refractivity contribution in [2.45, 2.75) is 12.7 Å². The molecule has 1 aliphatic rings. The molecule has 3 aromatic rings. The fourth-order valence-electron chi connectivity index (χ4n) is 3.21.